The molecule has 158 valence electrons. The first-order valence-corrected chi connectivity index (χ1v) is 11.2. The fourth-order valence-electron chi connectivity index (χ4n) is 3.29. The molecule has 0 aliphatic heterocycles. The van der Waals surface area contributed by atoms with Crippen LogP contribution in [0.2, 0.25) is 0 Å². The number of aromatic nitrogens is 4. The van der Waals surface area contributed by atoms with E-state index in [9.17, 15) is 4.79 Å². The lowest BCUT2D eigenvalue weighted by atomic mass is 10.1. The fraction of sp³-hybridized carbons (Fsp3) is 0.217. The molecule has 0 radical (unpaired) electrons. The van der Waals surface area contributed by atoms with Crippen LogP contribution in [0.1, 0.15) is 23.1 Å². The summed E-state index contributed by atoms with van der Waals surface area (Å²) in [6, 6.07) is 14.3. The van der Waals surface area contributed by atoms with Crippen molar-refractivity contribution in [2.45, 2.75) is 33.7 Å². The van der Waals surface area contributed by atoms with Crippen LogP contribution in [0, 0.1) is 25.5 Å². The van der Waals surface area contributed by atoms with E-state index in [0.29, 0.717) is 16.4 Å². The number of amides is 1. The predicted molar refractivity (Wildman–Crippen MR) is 128 cm³/mol. The minimum absolute atomic E-state index is 0.112. The molecule has 0 aliphatic rings. The molecule has 0 saturated heterocycles. The second-order valence-electron chi connectivity index (χ2n) is 7.51. The zero-order valence-electron chi connectivity index (χ0n) is 17.6. The van der Waals surface area contributed by atoms with E-state index in [0.717, 1.165) is 28.2 Å². The number of nitrogens with one attached hydrogen (secondary N) is 2. The minimum atomic E-state index is -0.112. The molecule has 0 aliphatic carbocycles. The lowest BCUT2D eigenvalue weighted by molar-refractivity contribution is -0.116. The highest BCUT2D eigenvalue weighted by atomic mass is 32.1. The summed E-state index contributed by atoms with van der Waals surface area (Å²) in [5.74, 6) is 0.618. The van der Waals surface area contributed by atoms with E-state index in [2.05, 4.69) is 52.5 Å². The van der Waals surface area contributed by atoms with Gasteiger partial charge in [-0.15, -0.1) is 11.3 Å². The number of nitrogens with zero attached hydrogens (tertiary/aromatic N) is 3. The van der Waals surface area contributed by atoms with Gasteiger partial charge in [0.15, 0.2) is 15.7 Å². The van der Waals surface area contributed by atoms with Crippen LogP contribution in [-0.4, -0.2) is 25.7 Å². The number of anilines is 1. The van der Waals surface area contributed by atoms with Gasteiger partial charge in [0, 0.05) is 29.5 Å². The van der Waals surface area contributed by atoms with Crippen molar-refractivity contribution in [1.29, 1.82) is 0 Å². The molecule has 0 bridgehead atoms. The van der Waals surface area contributed by atoms with Gasteiger partial charge in [-0.25, -0.2) is 4.98 Å². The van der Waals surface area contributed by atoms with Crippen LogP contribution in [0.15, 0.2) is 47.8 Å². The van der Waals surface area contributed by atoms with Gasteiger partial charge < -0.3 is 5.32 Å². The predicted octanol–water partition coefficient (Wildman–Crippen LogP) is 5.69. The highest BCUT2D eigenvalue weighted by Gasteiger charge is 2.13. The van der Waals surface area contributed by atoms with Gasteiger partial charge in [0.1, 0.15) is 0 Å². The number of rotatable bonds is 6. The Labute approximate surface area is 190 Å². The third-order valence-corrected chi connectivity index (χ3v) is 6.22. The van der Waals surface area contributed by atoms with Gasteiger partial charge >= 0.3 is 0 Å². The first-order valence-electron chi connectivity index (χ1n) is 9.96. The first kappa shape index (κ1) is 21.1. The van der Waals surface area contributed by atoms with Crippen LogP contribution in [0.4, 0.5) is 5.13 Å². The van der Waals surface area contributed by atoms with Crippen molar-refractivity contribution in [3.8, 4) is 22.6 Å². The van der Waals surface area contributed by atoms with Gasteiger partial charge in [-0.2, -0.15) is 5.10 Å². The lowest BCUT2D eigenvalue weighted by Gasteiger charge is -2.07. The summed E-state index contributed by atoms with van der Waals surface area (Å²) in [5, 5.41) is 12.6. The van der Waals surface area contributed by atoms with Crippen molar-refractivity contribution >= 4 is 34.6 Å². The maximum atomic E-state index is 12.5. The lowest BCUT2D eigenvalue weighted by Crippen LogP contribution is -2.15. The van der Waals surface area contributed by atoms with Crippen molar-refractivity contribution in [2.75, 3.05) is 5.32 Å². The van der Waals surface area contributed by atoms with Gasteiger partial charge in [-0.1, -0.05) is 35.9 Å². The zero-order chi connectivity index (χ0) is 22.0. The number of hydrogen-bond donors (Lipinski definition) is 2. The summed E-state index contributed by atoms with van der Waals surface area (Å²) < 4.78 is 2.35. The monoisotopic (exact) mass is 449 g/mol. The number of H-pyrrole nitrogens is 1. The average molecular weight is 450 g/mol. The highest BCUT2D eigenvalue weighted by molar-refractivity contribution is 7.71. The molecule has 1 amide bonds. The van der Waals surface area contributed by atoms with Crippen LogP contribution < -0.4 is 5.32 Å². The minimum Gasteiger partial charge on any atom is -0.302 e. The van der Waals surface area contributed by atoms with Crippen LogP contribution in [-0.2, 0) is 11.3 Å². The summed E-state index contributed by atoms with van der Waals surface area (Å²) in [7, 11) is 0. The molecule has 6 nitrogen and oxygen atoms in total. The van der Waals surface area contributed by atoms with E-state index in [-0.39, 0.29) is 12.3 Å². The third kappa shape index (κ3) is 4.81. The molecule has 2 N–H and O–H groups in total. The Kier molecular flexibility index (Phi) is 6.11. The number of carbonyl (C=O) groups is 1. The third-order valence-electron chi connectivity index (χ3n) is 5.15. The van der Waals surface area contributed by atoms with E-state index in [1.54, 1.807) is 0 Å². The second kappa shape index (κ2) is 8.95. The number of thiazole rings is 1. The topological polar surface area (TPSA) is 75.6 Å². The SMILES string of the molecule is Cc1cccc(-c2n[nH]c(=S)n2CCC(=O)Nc2nc(-c3ccc(C)c(C)c3)cs2)c1. The maximum absolute atomic E-state index is 12.5. The summed E-state index contributed by atoms with van der Waals surface area (Å²) in [4.78, 5) is 17.1. The van der Waals surface area contributed by atoms with Crippen LogP contribution >= 0.6 is 23.6 Å². The standard InChI is InChI=1S/C23H23N5OS2/c1-14-5-4-6-18(11-14)21-26-27-23(30)28(21)10-9-20(29)25-22-24-19(13-31-22)17-8-7-15(2)16(3)12-17/h4-8,11-13H,9-10H2,1-3H3,(H,27,30)(H,24,25,29). The van der Waals surface area contributed by atoms with E-state index in [4.69, 9.17) is 12.2 Å². The second-order valence-corrected chi connectivity index (χ2v) is 8.75. The largest absolute Gasteiger partial charge is 0.302 e. The Bertz CT molecular complexity index is 1300. The Morgan fingerprint density at radius 2 is 1.97 bits per heavy atom. The zero-order valence-corrected chi connectivity index (χ0v) is 19.2. The molecule has 0 spiro atoms. The molecule has 4 aromatic rings. The molecule has 8 heteroatoms. The molecule has 0 atom stereocenters. The quantitative estimate of drug-likeness (QED) is 0.371. The first-order chi connectivity index (χ1) is 14.9. The van der Waals surface area contributed by atoms with Gasteiger partial charge in [0.2, 0.25) is 5.91 Å². The number of carbonyl (C=O) groups excluding carboxylic acids is 1. The van der Waals surface area contributed by atoms with Crippen molar-refractivity contribution in [3.05, 3.63) is 69.3 Å². The molecule has 2 heterocycles. The number of hydrogen-bond acceptors (Lipinski definition) is 5. The van der Waals surface area contributed by atoms with Crippen LogP contribution in [0.3, 0.4) is 0 Å². The Balaban J connectivity index is 1.43. The fourth-order valence-corrected chi connectivity index (χ4v) is 4.25. The summed E-state index contributed by atoms with van der Waals surface area (Å²) >= 11 is 6.79. The van der Waals surface area contributed by atoms with Gasteiger partial charge in [0.05, 0.1) is 5.69 Å². The normalized spacial score (nSPS) is 10.9. The molecule has 4 rings (SSSR count). The molecular weight excluding hydrogens is 426 g/mol. The smallest absolute Gasteiger partial charge is 0.227 e. The summed E-state index contributed by atoms with van der Waals surface area (Å²) in [6.07, 6.45) is 0.269. The maximum Gasteiger partial charge on any atom is 0.227 e. The highest BCUT2D eigenvalue weighted by Crippen LogP contribution is 2.26. The average Bonchev–Trinajstić information content (AvgIpc) is 3.35. The van der Waals surface area contributed by atoms with E-state index in [1.165, 1.54) is 22.5 Å². The van der Waals surface area contributed by atoms with Gasteiger partial charge in [-0.3, -0.25) is 14.5 Å². The van der Waals surface area contributed by atoms with Crippen molar-refractivity contribution in [3.63, 3.8) is 0 Å². The Morgan fingerprint density at radius 3 is 2.74 bits per heavy atom. The van der Waals surface area contributed by atoms with Gasteiger partial charge in [0.25, 0.3) is 0 Å². The molecular formula is C23H23N5OS2. The van der Waals surface area contributed by atoms with E-state index in [1.807, 2.05) is 41.1 Å². The molecule has 2 aromatic carbocycles. The van der Waals surface area contributed by atoms with Crippen molar-refractivity contribution in [2.24, 2.45) is 0 Å². The van der Waals surface area contributed by atoms with Crippen molar-refractivity contribution in [1.82, 2.24) is 19.7 Å². The summed E-state index contributed by atoms with van der Waals surface area (Å²) in [5.41, 5.74) is 6.48. The molecule has 0 fully saturated rings. The molecule has 2 aromatic heterocycles. The van der Waals surface area contributed by atoms with Crippen LogP contribution in [0.25, 0.3) is 22.6 Å². The Hall–Kier alpha value is -3.10. The number of aromatic amines is 1. The van der Waals surface area contributed by atoms with Gasteiger partial charge in [-0.05, 0) is 56.2 Å². The molecule has 31 heavy (non-hydrogen) atoms. The van der Waals surface area contributed by atoms with Crippen molar-refractivity contribution < 1.29 is 4.79 Å². The number of aryl methyl sites for hydroxylation is 3. The van der Waals surface area contributed by atoms with Crippen LogP contribution in [0.5, 0.6) is 0 Å². The number of benzene rings is 2. The Morgan fingerprint density at radius 1 is 1.13 bits per heavy atom. The van der Waals surface area contributed by atoms with E-state index < -0.39 is 0 Å². The summed E-state index contributed by atoms with van der Waals surface area (Å²) in [6.45, 7) is 6.63. The van der Waals surface area contributed by atoms with E-state index >= 15 is 0 Å². The molecule has 0 unspecified atom stereocenters. The molecule has 0 saturated carbocycles.